The fourth-order valence-corrected chi connectivity index (χ4v) is 3.29. The first-order chi connectivity index (χ1) is 10.3. The Hall–Kier alpha value is -1.06. The minimum atomic E-state index is 0.443. The van der Waals surface area contributed by atoms with Gasteiger partial charge in [0.15, 0.2) is 0 Å². The van der Waals surface area contributed by atoms with Crippen molar-refractivity contribution in [3.8, 4) is 5.75 Å². The van der Waals surface area contributed by atoms with E-state index >= 15 is 0 Å². The molecule has 0 bridgehead atoms. The van der Waals surface area contributed by atoms with Crippen LogP contribution in [0.2, 0.25) is 0 Å². The van der Waals surface area contributed by atoms with Gasteiger partial charge >= 0.3 is 0 Å². The van der Waals surface area contributed by atoms with Gasteiger partial charge in [0.25, 0.3) is 0 Å². The summed E-state index contributed by atoms with van der Waals surface area (Å²) in [5.41, 5.74) is 1.33. The molecule has 0 saturated carbocycles. The Kier molecular flexibility index (Phi) is 6.52. The Morgan fingerprint density at radius 3 is 2.67 bits per heavy atom. The molecule has 1 aromatic rings. The first-order valence-corrected chi connectivity index (χ1v) is 8.36. The summed E-state index contributed by atoms with van der Waals surface area (Å²) >= 11 is 0. The van der Waals surface area contributed by atoms with E-state index in [2.05, 4.69) is 48.3 Å². The third kappa shape index (κ3) is 4.45. The van der Waals surface area contributed by atoms with Crippen molar-refractivity contribution < 1.29 is 4.74 Å². The quantitative estimate of drug-likeness (QED) is 0.832. The molecule has 2 rings (SSSR count). The summed E-state index contributed by atoms with van der Waals surface area (Å²) in [6.07, 6.45) is 3.96. The number of rotatable bonds is 7. The molecule has 1 aliphatic rings. The highest BCUT2D eigenvalue weighted by molar-refractivity contribution is 5.35. The average Bonchev–Trinajstić information content (AvgIpc) is 2.53. The molecule has 0 radical (unpaired) electrons. The summed E-state index contributed by atoms with van der Waals surface area (Å²) in [7, 11) is 2.04. The summed E-state index contributed by atoms with van der Waals surface area (Å²) in [4.78, 5) is 2.60. The maximum absolute atomic E-state index is 5.79. The normalized spacial score (nSPS) is 18.6. The molecule has 118 valence electrons. The van der Waals surface area contributed by atoms with Crippen molar-refractivity contribution in [1.29, 1.82) is 0 Å². The first-order valence-electron chi connectivity index (χ1n) is 8.36. The van der Waals surface area contributed by atoms with Gasteiger partial charge in [-0.1, -0.05) is 18.2 Å². The molecule has 1 saturated heterocycles. The van der Waals surface area contributed by atoms with Crippen molar-refractivity contribution in [2.75, 3.05) is 33.3 Å². The SMILES string of the molecule is CCOc1ccccc1C(C)N1CCC(CCNC)CC1. The number of likely N-dealkylation sites (tertiary alicyclic amines) is 1. The minimum Gasteiger partial charge on any atom is -0.494 e. The lowest BCUT2D eigenvalue weighted by molar-refractivity contribution is 0.135. The van der Waals surface area contributed by atoms with Crippen LogP contribution in [0.15, 0.2) is 24.3 Å². The van der Waals surface area contributed by atoms with E-state index < -0.39 is 0 Å². The summed E-state index contributed by atoms with van der Waals surface area (Å²) in [5.74, 6) is 1.94. The smallest absolute Gasteiger partial charge is 0.124 e. The standard InChI is InChI=1S/C18H30N2O/c1-4-21-18-8-6-5-7-17(18)15(2)20-13-10-16(11-14-20)9-12-19-3/h5-8,15-16,19H,4,9-14H2,1-3H3. The summed E-state index contributed by atoms with van der Waals surface area (Å²) in [6.45, 7) is 8.65. The van der Waals surface area contributed by atoms with Gasteiger partial charge in [0, 0.05) is 11.6 Å². The largest absolute Gasteiger partial charge is 0.494 e. The molecule has 0 aliphatic carbocycles. The Balaban J connectivity index is 1.94. The zero-order valence-corrected chi connectivity index (χ0v) is 13.8. The van der Waals surface area contributed by atoms with Gasteiger partial charge in [-0.05, 0) is 71.8 Å². The molecule has 1 heterocycles. The van der Waals surface area contributed by atoms with Gasteiger partial charge in [0.05, 0.1) is 6.61 Å². The third-order valence-electron chi connectivity index (χ3n) is 4.67. The van der Waals surface area contributed by atoms with E-state index in [1.165, 1.54) is 37.9 Å². The van der Waals surface area contributed by atoms with Crippen LogP contribution < -0.4 is 10.1 Å². The van der Waals surface area contributed by atoms with E-state index in [0.29, 0.717) is 6.04 Å². The number of nitrogens with one attached hydrogen (secondary N) is 1. The lowest BCUT2D eigenvalue weighted by atomic mass is 9.92. The lowest BCUT2D eigenvalue weighted by Gasteiger charge is -2.36. The van der Waals surface area contributed by atoms with Crippen molar-refractivity contribution >= 4 is 0 Å². The average molecular weight is 290 g/mol. The zero-order chi connectivity index (χ0) is 15.1. The topological polar surface area (TPSA) is 24.5 Å². The molecule has 1 aliphatic heterocycles. The van der Waals surface area contributed by atoms with Crippen molar-refractivity contribution in [2.24, 2.45) is 5.92 Å². The number of piperidine rings is 1. The van der Waals surface area contributed by atoms with Crippen LogP contribution in [0.5, 0.6) is 5.75 Å². The first kappa shape index (κ1) is 16.3. The van der Waals surface area contributed by atoms with E-state index in [9.17, 15) is 0 Å². The Bertz CT molecular complexity index is 413. The van der Waals surface area contributed by atoms with Gasteiger partial charge in [-0.15, -0.1) is 0 Å². The van der Waals surface area contributed by atoms with Crippen molar-refractivity contribution in [3.05, 3.63) is 29.8 Å². The molecule has 1 aromatic carbocycles. The van der Waals surface area contributed by atoms with Crippen molar-refractivity contribution in [1.82, 2.24) is 10.2 Å². The van der Waals surface area contributed by atoms with Crippen LogP contribution in [0.1, 0.15) is 44.7 Å². The Morgan fingerprint density at radius 2 is 2.00 bits per heavy atom. The molecule has 1 N–H and O–H groups in total. The molecule has 0 amide bonds. The van der Waals surface area contributed by atoms with Gasteiger partial charge in [-0.25, -0.2) is 0 Å². The van der Waals surface area contributed by atoms with Crippen LogP contribution in [-0.2, 0) is 0 Å². The molecule has 3 nitrogen and oxygen atoms in total. The van der Waals surface area contributed by atoms with Crippen LogP contribution >= 0.6 is 0 Å². The number of para-hydroxylation sites is 1. The second-order valence-corrected chi connectivity index (χ2v) is 6.02. The molecule has 3 heteroatoms. The van der Waals surface area contributed by atoms with E-state index in [4.69, 9.17) is 4.74 Å². The van der Waals surface area contributed by atoms with Gasteiger partial charge in [-0.2, -0.15) is 0 Å². The third-order valence-corrected chi connectivity index (χ3v) is 4.67. The minimum absolute atomic E-state index is 0.443. The van der Waals surface area contributed by atoms with E-state index in [1.807, 2.05) is 7.05 Å². The number of ether oxygens (including phenoxy) is 1. The highest BCUT2D eigenvalue weighted by atomic mass is 16.5. The molecule has 21 heavy (non-hydrogen) atoms. The maximum Gasteiger partial charge on any atom is 0.124 e. The van der Waals surface area contributed by atoms with Gasteiger partial charge in [0.1, 0.15) is 5.75 Å². The van der Waals surface area contributed by atoms with Gasteiger partial charge < -0.3 is 10.1 Å². The highest BCUT2D eigenvalue weighted by Gasteiger charge is 2.24. The predicted molar refractivity (Wildman–Crippen MR) is 88.9 cm³/mol. The monoisotopic (exact) mass is 290 g/mol. The van der Waals surface area contributed by atoms with Crippen LogP contribution in [-0.4, -0.2) is 38.2 Å². The molecule has 1 fully saturated rings. The predicted octanol–water partition coefficient (Wildman–Crippen LogP) is 3.47. The zero-order valence-electron chi connectivity index (χ0n) is 13.8. The number of nitrogens with zero attached hydrogens (tertiary/aromatic N) is 1. The van der Waals surface area contributed by atoms with E-state index in [0.717, 1.165) is 24.8 Å². The summed E-state index contributed by atoms with van der Waals surface area (Å²) in [5, 5.41) is 3.27. The number of benzene rings is 1. The van der Waals surface area contributed by atoms with E-state index in [-0.39, 0.29) is 0 Å². The molecule has 0 aromatic heterocycles. The summed E-state index contributed by atoms with van der Waals surface area (Å²) < 4.78 is 5.79. The number of hydrogen-bond donors (Lipinski definition) is 1. The molecular weight excluding hydrogens is 260 g/mol. The Labute approximate surface area is 129 Å². The number of hydrogen-bond acceptors (Lipinski definition) is 3. The molecule has 0 spiro atoms. The molecule has 1 atom stereocenters. The van der Waals surface area contributed by atoms with Crippen LogP contribution in [0, 0.1) is 5.92 Å². The fraction of sp³-hybridized carbons (Fsp3) is 0.667. The second-order valence-electron chi connectivity index (χ2n) is 6.02. The van der Waals surface area contributed by atoms with Crippen LogP contribution in [0.3, 0.4) is 0 Å². The van der Waals surface area contributed by atoms with Crippen molar-refractivity contribution in [3.63, 3.8) is 0 Å². The molecular formula is C18H30N2O. The van der Waals surface area contributed by atoms with E-state index in [1.54, 1.807) is 0 Å². The maximum atomic E-state index is 5.79. The second kappa shape index (κ2) is 8.40. The molecule has 1 unspecified atom stereocenters. The highest BCUT2D eigenvalue weighted by Crippen LogP contribution is 2.32. The summed E-state index contributed by atoms with van der Waals surface area (Å²) in [6, 6.07) is 8.93. The lowest BCUT2D eigenvalue weighted by Crippen LogP contribution is -2.36. The van der Waals surface area contributed by atoms with Crippen LogP contribution in [0.25, 0.3) is 0 Å². The fourth-order valence-electron chi connectivity index (χ4n) is 3.29. The van der Waals surface area contributed by atoms with Gasteiger partial charge in [-0.3, -0.25) is 4.90 Å². The van der Waals surface area contributed by atoms with Crippen molar-refractivity contribution in [2.45, 2.75) is 39.2 Å². The van der Waals surface area contributed by atoms with Gasteiger partial charge in [0.2, 0.25) is 0 Å². The Morgan fingerprint density at radius 1 is 1.29 bits per heavy atom. The van der Waals surface area contributed by atoms with Crippen LogP contribution in [0.4, 0.5) is 0 Å².